The van der Waals surface area contributed by atoms with E-state index in [0.717, 1.165) is 17.0 Å². The molecule has 0 saturated carbocycles. The van der Waals surface area contributed by atoms with E-state index in [4.69, 9.17) is 12.2 Å². The number of nitrogens with zero attached hydrogens (tertiary/aromatic N) is 2. The largest absolute Gasteiger partial charge is 0.307 e. The Balaban J connectivity index is 2.15. The van der Waals surface area contributed by atoms with Gasteiger partial charge < -0.3 is 4.57 Å². The van der Waals surface area contributed by atoms with Gasteiger partial charge in [0, 0.05) is 13.5 Å². The third-order valence-electron chi connectivity index (χ3n) is 2.73. The van der Waals surface area contributed by atoms with Crippen molar-refractivity contribution in [1.82, 2.24) is 14.8 Å². The van der Waals surface area contributed by atoms with Crippen LogP contribution in [0.25, 0.3) is 0 Å². The van der Waals surface area contributed by atoms with E-state index < -0.39 is 0 Å². The Hall–Kier alpha value is -0.640. The number of hydrogen-bond acceptors (Lipinski definition) is 2. The van der Waals surface area contributed by atoms with E-state index >= 15 is 0 Å². The molecule has 0 aliphatic rings. The molecule has 15 heavy (non-hydrogen) atoms. The first kappa shape index (κ1) is 12.4. The minimum absolute atomic E-state index is 0.719. The minimum Gasteiger partial charge on any atom is -0.307 e. The molecular weight excluding hydrogens is 206 g/mol. The maximum atomic E-state index is 5.06. The van der Waals surface area contributed by atoms with Crippen LogP contribution in [0.1, 0.15) is 51.3 Å². The molecule has 1 N–H and O–H groups in total. The van der Waals surface area contributed by atoms with Crippen molar-refractivity contribution in [3.8, 4) is 0 Å². The van der Waals surface area contributed by atoms with Crippen LogP contribution < -0.4 is 0 Å². The molecule has 0 fully saturated rings. The number of hydrogen-bond donors (Lipinski definition) is 1. The summed E-state index contributed by atoms with van der Waals surface area (Å²) in [6.45, 7) is 2.24. The highest BCUT2D eigenvalue weighted by Crippen LogP contribution is 2.08. The van der Waals surface area contributed by atoms with Gasteiger partial charge in [0.2, 0.25) is 0 Å². The average Bonchev–Trinajstić information content (AvgIpc) is 2.54. The topological polar surface area (TPSA) is 33.6 Å². The zero-order valence-corrected chi connectivity index (χ0v) is 10.6. The van der Waals surface area contributed by atoms with E-state index in [1.54, 1.807) is 0 Å². The number of nitrogens with one attached hydrogen (secondary N) is 1. The Morgan fingerprint density at radius 1 is 1.20 bits per heavy atom. The van der Waals surface area contributed by atoms with Crippen LogP contribution in [0.2, 0.25) is 0 Å². The number of aromatic amines is 1. The van der Waals surface area contributed by atoms with Gasteiger partial charge in [0.25, 0.3) is 0 Å². The summed E-state index contributed by atoms with van der Waals surface area (Å²) in [6, 6.07) is 0. The van der Waals surface area contributed by atoms with Gasteiger partial charge >= 0.3 is 0 Å². The third kappa shape index (κ3) is 4.16. The zero-order valence-electron chi connectivity index (χ0n) is 9.75. The quantitative estimate of drug-likeness (QED) is 0.572. The predicted molar refractivity (Wildman–Crippen MR) is 65.5 cm³/mol. The molecule has 0 bridgehead atoms. The molecule has 1 aromatic heterocycles. The van der Waals surface area contributed by atoms with Gasteiger partial charge in [-0.25, -0.2) is 0 Å². The molecule has 0 amide bonds. The van der Waals surface area contributed by atoms with Crippen molar-refractivity contribution in [2.24, 2.45) is 7.05 Å². The lowest BCUT2D eigenvalue weighted by molar-refractivity contribution is 0.594. The van der Waals surface area contributed by atoms with Gasteiger partial charge in [-0.1, -0.05) is 39.0 Å². The molecular formula is C11H21N3S. The van der Waals surface area contributed by atoms with Gasteiger partial charge in [-0.2, -0.15) is 5.10 Å². The van der Waals surface area contributed by atoms with Crippen LogP contribution in [0.4, 0.5) is 0 Å². The standard InChI is InChI=1S/C11H21N3S/c1-3-4-5-6-7-8-9-10-12-13-11(15)14(10)2/h3-9H2,1-2H3,(H,13,15). The summed E-state index contributed by atoms with van der Waals surface area (Å²) in [5.41, 5.74) is 0. The SMILES string of the molecule is CCCCCCCCc1n[nH]c(=S)n1C. The van der Waals surface area contributed by atoms with Crippen LogP contribution in [-0.4, -0.2) is 14.8 Å². The van der Waals surface area contributed by atoms with Gasteiger partial charge in [0.05, 0.1) is 0 Å². The summed E-state index contributed by atoms with van der Waals surface area (Å²) in [5.74, 6) is 1.08. The molecule has 3 nitrogen and oxygen atoms in total. The second kappa shape index (κ2) is 6.77. The second-order valence-electron chi connectivity index (χ2n) is 4.02. The molecule has 1 heterocycles. The lowest BCUT2D eigenvalue weighted by atomic mass is 10.1. The van der Waals surface area contributed by atoms with Crippen molar-refractivity contribution in [3.63, 3.8) is 0 Å². The normalized spacial score (nSPS) is 10.8. The first-order chi connectivity index (χ1) is 7.25. The molecule has 1 aromatic rings. The summed E-state index contributed by atoms with van der Waals surface area (Å²) in [4.78, 5) is 0. The summed E-state index contributed by atoms with van der Waals surface area (Å²) >= 11 is 5.06. The van der Waals surface area contributed by atoms with Gasteiger partial charge in [0.1, 0.15) is 5.82 Å². The van der Waals surface area contributed by atoms with Crippen molar-refractivity contribution >= 4 is 12.2 Å². The summed E-state index contributed by atoms with van der Waals surface area (Å²) in [7, 11) is 1.97. The Bertz CT molecular complexity index is 327. The van der Waals surface area contributed by atoms with E-state index in [9.17, 15) is 0 Å². The van der Waals surface area contributed by atoms with Gasteiger partial charge in [0.15, 0.2) is 4.77 Å². The molecule has 0 aliphatic carbocycles. The molecule has 1 rings (SSSR count). The van der Waals surface area contributed by atoms with Crippen molar-refractivity contribution in [2.75, 3.05) is 0 Å². The number of H-pyrrole nitrogens is 1. The number of unbranched alkanes of at least 4 members (excludes halogenated alkanes) is 5. The minimum atomic E-state index is 0.719. The fourth-order valence-corrected chi connectivity index (χ4v) is 1.82. The second-order valence-corrected chi connectivity index (χ2v) is 4.41. The monoisotopic (exact) mass is 227 g/mol. The average molecular weight is 227 g/mol. The lowest BCUT2D eigenvalue weighted by Crippen LogP contribution is -1.98. The van der Waals surface area contributed by atoms with E-state index in [2.05, 4.69) is 17.1 Å². The van der Waals surface area contributed by atoms with E-state index in [1.165, 1.54) is 38.5 Å². The van der Waals surface area contributed by atoms with E-state index in [-0.39, 0.29) is 0 Å². The van der Waals surface area contributed by atoms with Crippen LogP contribution in [0.5, 0.6) is 0 Å². The summed E-state index contributed by atoms with van der Waals surface area (Å²) in [6.07, 6.45) is 8.96. The Labute approximate surface area is 96.9 Å². The maximum absolute atomic E-state index is 5.06. The molecule has 0 aliphatic heterocycles. The van der Waals surface area contributed by atoms with Crippen molar-refractivity contribution in [1.29, 1.82) is 0 Å². The third-order valence-corrected chi connectivity index (χ3v) is 3.09. The van der Waals surface area contributed by atoms with Crippen LogP contribution in [0.3, 0.4) is 0 Å². The smallest absolute Gasteiger partial charge is 0.194 e. The van der Waals surface area contributed by atoms with Crippen LogP contribution >= 0.6 is 12.2 Å². The maximum Gasteiger partial charge on any atom is 0.194 e. The number of aryl methyl sites for hydroxylation is 1. The van der Waals surface area contributed by atoms with Crippen molar-refractivity contribution < 1.29 is 0 Å². The van der Waals surface area contributed by atoms with E-state index in [1.807, 2.05) is 11.6 Å². The summed E-state index contributed by atoms with van der Waals surface area (Å²) in [5, 5.41) is 7.01. The zero-order chi connectivity index (χ0) is 11.1. The van der Waals surface area contributed by atoms with E-state index in [0.29, 0.717) is 0 Å². The Kier molecular flexibility index (Phi) is 5.61. The van der Waals surface area contributed by atoms with Crippen LogP contribution in [-0.2, 0) is 13.5 Å². The highest BCUT2D eigenvalue weighted by molar-refractivity contribution is 7.71. The molecule has 4 heteroatoms. The van der Waals surface area contributed by atoms with Crippen LogP contribution in [0.15, 0.2) is 0 Å². The van der Waals surface area contributed by atoms with Crippen molar-refractivity contribution in [3.05, 3.63) is 10.6 Å². The molecule has 0 spiro atoms. The lowest BCUT2D eigenvalue weighted by Gasteiger charge is -2.00. The molecule has 0 saturated heterocycles. The first-order valence-corrected chi connectivity index (χ1v) is 6.26. The molecule has 0 radical (unpaired) electrons. The highest BCUT2D eigenvalue weighted by Gasteiger charge is 2.00. The highest BCUT2D eigenvalue weighted by atomic mass is 32.1. The predicted octanol–water partition coefficient (Wildman–Crippen LogP) is 3.38. The summed E-state index contributed by atoms with van der Waals surface area (Å²) < 4.78 is 2.68. The van der Waals surface area contributed by atoms with Gasteiger partial charge in [-0.05, 0) is 18.6 Å². The Morgan fingerprint density at radius 2 is 1.87 bits per heavy atom. The molecule has 86 valence electrons. The van der Waals surface area contributed by atoms with Gasteiger partial charge in [-0.15, -0.1) is 0 Å². The molecule has 0 unspecified atom stereocenters. The number of aromatic nitrogens is 3. The van der Waals surface area contributed by atoms with Gasteiger partial charge in [-0.3, -0.25) is 5.10 Å². The molecule has 0 atom stereocenters. The first-order valence-electron chi connectivity index (χ1n) is 5.86. The number of rotatable bonds is 7. The Morgan fingerprint density at radius 3 is 2.47 bits per heavy atom. The fraction of sp³-hybridized carbons (Fsp3) is 0.818. The fourth-order valence-electron chi connectivity index (χ4n) is 1.67. The van der Waals surface area contributed by atoms with Crippen molar-refractivity contribution in [2.45, 2.75) is 51.9 Å². The van der Waals surface area contributed by atoms with Crippen LogP contribution in [0, 0.1) is 4.77 Å². The molecule has 0 aromatic carbocycles.